The van der Waals surface area contributed by atoms with Crippen molar-refractivity contribution in [3.63, 3.8) is 0 Å². The van der Waals surface area contributed by atoms with Crippen LogP contribution in [0, 0.1) is 0 Å². The minimum atomic E-state index is -1.18. The zero-order valence-electron chi connectivity index (χ0n) is 21.8. The summed E-state index contributed by atoms with van der Waals surface area (Å²) in [5, 5.41) is 32.0. The van der Waals surface area contributed by atoms with Gasteiger partial charge in [0.05, 0.1) is 0 Å². The maximum Gasteiger partial charge on any atom is 0.326 e. The third-order valence-electron chi connectivity index (χ3n) is 6.08. The topological polar surface area (TPSA) is 208 Å². The molecule has 214 valence electrons. The van der Waals surface area contributed by atoms with Crippen LogP contribution in [-0.4, -0.2) is 63.7 Å². The van der Waals surface area contributed by atoms with E-state index in [2.05, 4.69) is 16.1 Å². The van der Waals surface area contributed by atoms with E-state index in [-0.39, 0.29) is 37.5 Å². The Morgan fingerprint density at radius 3 is 1.57 bits per heavy atom. The SMILES string of the molecule is NN[C@@H](CCCCNC(=O)CC[C@H](NC(=O)CCCCCCCCCCCCC(=O)O)C(=O)O)C(=O)O. The van der Waals surface area contributed by atoms with E-state index in [4.69, 9.17) is 16.1 Å². The molecule has 0 bridgehead atoms. The molecule has 37 heavy (non-hydrogen) atoms. The molecule has 0 rings (SSSR count). The first kappa shape index (κ1) is 34.3. The van der Waals surface area contributed by atoms with E-state index in [1.54, 1.807) is 0 Å². The Bertz CT molecular complexity index is 690. The number of carbonyl (C=O) groups excluding carboxylic acids is 2. The molecule has 0 aliphatic carbocycles. The lowest BCUT2D eigenvalue weighted by Gasteiger charge is -2.14. The van der Waals surface area contributed by atoms with Crippen LogP contribution in [0.15, 0.2) is 0 Å². The highest BCUT2D eigenvalue weighted by atomic mass is 16.4. The van der Waals surface area contributed by atoms with Gasteiger partial charge in [-0.2, -0.15) is 0 Å². The fourth-order valence-electron chi connectivity index (χ4n) is 3.84. The average Bonchev–Trinajstić information content (AvgIpc) is 2.83. The molecular weight excluding hydrogens is 484 g/mol. The Hall–Kier alpha value is -2.73. The summed E-state index contributed by atoms with van der Waals surface area (Å²) in [6, 6.07) is -1.96. The van der Waals surface area contributed by atoms with Gasteiger partial charge in [-0.25, -0.2) is 10.2 Å². The molecular formula is C25H46N4O8. The summed E-state index contributed by atoms with van der Waals surface area (Å²) in [6.07, 6.45) is 11.6. The fraction of sp³-hybridized carbons (Fsp3) is 0.800. The van der Waals surface area contributed by atoms with Gasteiger partial charge in [0, 0.05) is 25.8 Å². The van der Waals surface area contributed by atoms with Gasteiger partial charge in [0.1, 0.15) is 12.1 Å². The molecule has 0 radical (unpaired) electrons. The maximum atomic E-state index is 12.1. The van der Waals surface area contributed by atoms with E-state index in [0.29, 0.717) is 32.2 Å². The summed E-state index contributed by atoms with van der Waals surface area (Å²) in [4.78, 5) is 56.8. The van der Waals surface area contributed by atoms with E-state index < -0.39 is 30.0 Å². The second-order valence-electron chi connectivity index (χ2n) is 9.33. The van der Waals surface area contributed by atoms with Crippen molar-refractivity contribution < 1.29 is 39.3 Å². The van der Waals surface area contributed by atoms with Gasteiger partial charge in [-0.3, -0.25) is 25.0 Å². The van der Waals surface area contributed by atoms with Gasteiger partial charge in [-0.1, -0.05) is 51.4 Å². The Labute approximate surface area is 219 Å². The molecule has 0 aromatic heterocycles. The van der Waals surface area contributed by atoms with Crippen LogP contribution in [0.25, 0.3) is 0 Å². The molecule has 2 amide bonds. The third-order valence-corrected chi connectivity index (χ3v) is 6.08. The summed E-state index contributed by atoms with van der Waals surface area (Å²) < 4.78 is 0. The molecule has 0 unspecified atom stereocenters. The number of nitrogens with two attached hydrogens (primary N) is 1. The van der Waals surface area contributed by atoms with E-state index in [1.807, 2.05) is 0 Å². The highest BCUT2D eigenvalue weighted by Gasteiger charge is 2.21. The fourth-order valence-corrected chi connectivity index (χ4v) is 3.84. The first-order chi connectivity index (χ1) is 17.7. The van der Waals surface area contributed by atoms with Crippen molar-refractivity contribution in [1.82, 2.24) is 16.1 Å². The van der Waals surface area contributed by atoms with Crippen molar-refractivity contribution in [3.05, 3.63) is 0 Å². The van der Waals surface area contributed by atoms with Gasteiger partial charge in [0.15, 0.2) is 0 Å². The van der Waals surface area contributed by atoms with Crippen molar-refractivity contribution in [1.29, 1.82) is 0 Å². The number of carboxylic acid groups (broad SMARTS) is 3. The second-order valence-corrected chi connectivity index (χ2v) is 9.33. The maximum absolute atomic E-state index is 12.1. The van der Waals surface area contributed by atoms with Gasteiger partial charge in [-0.15, -0.1) is 0 Å². The molecule has 12 heteroatoms. The lowest BCUT2D eigenvalue weighted by Crippen LogP contribution is -2.41. The summed E-state index contributed by atoms with van der Waals surface area (Å²) in [5.74, 6) is 1.52. The zero-order chi connectivity index (χ0) is 27.9. The molecule has 0 fully saturated rings. The molecule has 0 aromatic rings. The monoisotopic (exact) mass is 530 g/mol. The number of hydrazine groups is 1. The highest BCUT2D eigenvalue weighted by Crippen LogP contribution is 2.12. The number of unbranched alkanes of at least 4 members (excludes halogenated alkanes) is 10. The van der Waals surface area contributed by atoms with Gasteiger partial charge in [0.2, 0.25) is 11.8 Å². The molecule has 12 nitrogen and oxygen atoms in total. The number of nitrogens with one attached hydrogen (secondary N) is 3. The molecule has 0 aliphatic heterocycles. The predicted molar refractivity (Wildman–Crippen MR) is 137 cm³/mol. The van der Waals surface area contributed by atoms with Crippen LogP contribution in [0.2, 0.25) is 0 Å². The smallest absolute Gasteiger partial charge is 0.326 e. The Kier molecular flexibility index (Phi) is 20.8. The molecule has 0 spiro atoms. The van der Waals surface area contributed by atoms with Crippen molar-refractivity contribution in [2.75, 3.05) is 6.54 Å². The van der Waals surface area contributed by atoms with Crippen LogP contribution >= 0.6 is 0 Å². The van der Waals surface area contributed by atoms with Gasteiger partial charge in [-0.05, 0) is 38.5 Å². The Morgan fingerprint density at radius 1 is 0.568 bits per heavy atom. The van der Waals surface area contributed by atoms with Crippen LogP contribution in [0.3, 0.4) is 0 Å². The minimum Gasteiger partial charge on any atom is -0.481 e. The van der Waals surface area contributed by atoms with Gasteiger partial charge in [0.25, 0.3) is 0 Å². The van der Waals surface area contributed by atoms with Crippen LogP contribution in [0.4, 0.5) is 0 Å². The Morgan fingerprint density at radius 2 is 1.08 bits per heavy atom. The standard InChI is InChI=1S/C25H46N4O8/c26-29-20(25(36)37)13-11-12-18-27-21(30)17-16-19(24(34)35)28-22(31)14-9-7-5-3-1-2-4-6-8-10-15-23(32)33/h19-20,29H,1-18,26H2,(H,27,30)(H,28,31)(H,32,33)(H,34,35)(H,36,37)/t19-,20-/m0/s1. The molecule has 8 N–H and O–H groups in total. The Balaban J connectivity index is 3.84. The van der Waals surface area contributed by atoms with E-state index >= 15 is 0 Å². The molecule has 0 aliphatic rings. The largest absolute Gasteiger partial charge is 0.481 e. The van der Waals surface area contributed by atoms with Crippen molar-refractivity contribution >= 4 is 29.7 Å². The lowest BCUT2D eigenvalue weighted by molar-refractivity contribution is -0.142. The summed E-state index contributed by atoms with van der Waals surface area (Å²) in [5.41, 5.74) is 2.21. The lowest BCUT2D eigenvalue weighted by atomic mass is 10.0. The first-order valence-electron chi connectivity index (χ1n) is 13.4. The van der Waals surface area contributed by atoms with Gasteiger partial charge >= 0.3 is 17.9 Å². The summed E-state index contributed by atoms with van der Waals surface area (Å²) in [6.45, 7) is 0.340. The van der Waals surface area contributed by atoms with E-state index in [1.165, 1.54) is 0 Å². The molecule has 2 atom stereocenters. The number of aliphatic carboxylic acids is 3. The molecule has 0 saturated carbocycles. The average molecular weight is 531 g/mol. The van der Waals surface area contributed by atoms with Crippen molar-refractivity contribution in [2.24, 2.45) is 5.84 Å². The van der Waals surface area contributed by atoms with E-state index in [9.17, 15) is 29.1 Å². The normalized spacial score (nSPS) is 12.5. The highest BCUT2D eigenvalue weighted by molar-refractivity contribution is 5.84. The molecule has 0 saturated heterocycles. The summed E-state index contributed by atoms with van der Waals surface area (Å²) in [7, 11) is 0. The summed E-state index contributed by atoms with van der Waals surface area (Å²) >= 11 is 0. The number of carboxylic acids is 3. The second kappa shape index (κ2) is 22.5. The number of hydrogen-bond acceptors (Lipinski definition) is 7. The number of hydrogen-bond donors (Lipinski definition) is 7. The van der Waals surface area contributed by atoms with Crippen molar-refractivity contribution in [3.8, 4) is 0 Å². The molecule has 0 aromatic carbocycles. The van der Waals surface area contributed by atoms with Crippen LogP contribution in [0.5, 0.6) is 0 Å². The van der Waals surface area contributed by atoms with Crippen LogP contribution in [-0.2, 0) is 24.0 Å². The van der Waals surface area contributed by atoms with Crippen LogP contribution < -0.4 is 21.9 Å². The zero-order valence-corrected chi connectivity index (χ0v) is 21.8. The van der Waals surface area contributed by atoms with Crippen LogP contribution in [0.1, 0.15) is 109 Å². The third kappa shape index (κ3) is 21.1. The minimum absolute atomic E-state index is 0.0125. The number of rotatable bonds is 25. The predicted octanol–water partition coefficient (Wildman–Crippen LogP) is 2.30. The first-order valence-corrected chi connectivity index (χ1v) is 13.4. The van der Waals surface area contributed by atoms with Gasteiger partial charge < -0.3 is 26.0 Å². The quantitative estimate of drug-likeness (QED) is 0.0520. The van der Waals surface area contributed by atoms with Crippen molar-refractivity contribution in [2.45, 2.75) is 121 Å². The molecule has 0 heterocycles. The van der Waals surface area contributed by atoms with E-state index in [0.717, 1.165) is 57.8 Å². The number of carbonyl (C=O) groups is 5. The number of amides is 2.